The van der Waals surface area contributed by atoms with Crippen LogP contribution in [0.25, 0.3) is 10.8 Å². The highest BCUT2D eigenvalue weighted by molar-refractivity contribution is 6.02. The summed E-state index contributed by atoms with van der Waals surface area (Å²) in [5.74, 6) is 1.26. The Morgan fingerprint density at radius 1 is 1.06 bits per heavy atom. The number of rotatable bonds is 2. The minimum Gasteiger partial charge on any atom is -0.508 e. The second-order valence-corrected chi connectivity index (χ2v) is 9.09. The maximum absolute atomic E-state index is 13.4. The van der Waals surface area contributed by atoms with Gasteiger partial charge in [-0.3, -0.25) is 4.79 Å². The maximum atomic E-state index is 13.4. The van der Waals surface area contributed by atoms with Gasteiger partial charge >= 0.3 is 0 Å². The molecule has 2 aliphatic rings. The molecule has 0 aromatic heterocycles. The molecule has 0 radical (unpaired) electrons. The second-order valence-electron chi connectivity index (χ2n) is 9.09. The first-order chi connectivity index (χ1) is 14.8. The summed E-state index contributed by atoms with van der Waals surface area (Å²) in [5.41, 5.74) is 1.72. The third-order valence-electron chi connectivity index (χ3n) is 6.26. The Morgan fingerprint density at radius 2 is 1.84 bits per heavy atom. The first-order valence-corrected chi connectivity index (χ1v) is 10.3. The van der Waals surface area contributed by atoms with Crippen LogP contribution in [0.2, 0.25) is 0 Å². The van der Waals surface area contributed by atoms with E-state index in [2.05, 4.69) is 13.8 Å². The van der Waals surface area contributed by atoms with E-state index in [0.717, 1.165) is 16.3 Å². The number of aromatic hydroxyl groups is 2. The van der Waals surface area contributed by atoms with Gasteiger partial charge in [0.1, 0.15) is 17.3 Å². The molecule has 0 saturated carbocycles. The predicted octanol–water partition coefficient (Wildman–Crippen LogP) is 5.43. The Labute approximate surface area is 180 Å². The molecule has 3 aromatic carbocycles. The zero-order valence-electron chi connectivity index (χ0n) is 17.7. The van der Waals surface area contributed by atoms with Crippen LogP contribution in [0, 0.1) is 5.41 Å². The van der Waals surface area contributed by atoms with Gasteiger partial charge in [0.2, 0.25) is 0 Å². The molecule has 5 heteroatoms. The highest BCUT2D eigenvalue weighted by Crippen LogP contribution is 2.54. The lowest BCUT2D eigenvalue weighted by atomic mass is 9.69. The van der Waals surface area contributed by atoms with Crippen LogP contribution in [0.4, 0.5) is 0 Å². The molecule has 0 saturated heterocycles. The number of ketones is 1. The molecule has 31 heavy (non-hydrogen) atoms. The largest absolute Gasteiger partial charge is 0.508 e. The van der Waals surface area contributed by atoms with Gasteiger partial charge in [0, 0.05) is 35.5 Å². The second kappa shape index (κ2) is 6.77. The number of methoxy groups -OCH3 is 1. The minimum atomic E-state index is -0.525. The van der Waals surface area contributed by atoms with Gasteiger partial charge in [-0.2, -0.15) is 0 Å². The van der Waals surface area contributed by atoms with Crippen molar-refractivity contribution in [2.24, 2.45) is 5.41 Å². The lowest BCUT2D eigenvalue weighted by Crippen LogP contribution is -2.33. The summed E-state index contributed by atoms with van der Waals surface area (Å²) in [5, 5.41) is 22.9. The number of phenolic OH excluding ortho intramolecular Hbond substituents is 2. The molecule has 1 heterocycles. The number of phenols is 2. The number of ether oxygens (including phenoxy) is 2. The maximum Gasteiger partial charge on any atom is 0.163 e. The average Bonchev–Trinajstić information content (AvgIpc) is 2.71. The van der Waals surface area contributed by atoms with Crippen molar-refractivity contribution in [1.29, 1.82) is 0 Å². The normalized spacial score (nSPS) is 19.6. The summed E-state index contributed by atoms with van der Waals surface area (Å²) in [4.78, 5) is 13.4. The number of carbonyl (C=O) groups excluding carboxylic acids is 1. The van der Waals surface area contributed by atoms with Crippen LogP contribution in [-0.4, -0.2) is 23.1 Å². The molecule has 5 nitrogen and oxygen atoms in total. The summed E-state index contributed by atoms with van der Waals surface area (Å²) in [6.07, 6.45) is 1.04. The smallest absolute Gasteiger partial charge is 0.163 e. The lowest BCUT2D eigenvalue weighted by Gasteiger charge is -2.39. The van der Waals surface area contributed by atoms with E-state index in [9.17, 15) is 15.0 Å². The number of para-hydroxylation sites is 1. The van der Waals surface area contributed by atoms with Gasteiger partial charge in [0.25, 0.3) is 0 Å². The van der Waals surface area contributed by atoms with Gasteiger partial charge in [0.05, 0.1) is 7.11 Å². The van der Waals surface area contributed by atoms with Crippen molar-refractivity contribution in [3.63, 3.8) is 0 Å². The van der Waals surface area contributed by atoms with E-state index < -0.39 is 5.92 Å². The van der Waals surface area contributed by atoms with Crippen molar-refractivity contribution in [2.45, 2.75) is 32.6 Å². The van der Waals surface area contributed by atoms with Crippen LogP contribution in [-0.2, 0) is 4.79 Å². The summed E-state index contributed by atoms with van der Waals surface area (Å²) in [6.45, 7) is 4.12. The summed E-state index contributed by atoms with van der Waals surface area (Å²) >= 11 is 0. The van der Waals surface area contributed by atoms with E-state index in [-0.39, 0.29) is 22.7 Å². The lowest BCUT2D eigenvalue weighted by molar-refractivity contribution is -0.118. The van der Waals surface area contributed by atoms with Crippen molar-refractivity contribution in [1.82, 2.24) is 0 Å². The van der Waals surface area contributed by atoms with E-state index in [0.29, 0.717) is 41.2 Å². The number of fused-ring (bicyclic) bond motifs is 3. The van der Waals surface area contributed by atoms with Crippen LogP contribution >= 0.6 is 0 Å². The zero-order chi connectivity index (χ0) is 21.9. The molecule has 1 aliphatic carbocycles. The Kier molecular flexibility index (Phi) is 4.26. The molecule has 0 spiro atoms. The van der Waals surface area contributed by atoms with E-state index in [1.807, 2.05) is 30.3 Å². The number of benzene rings is 3. The highest BCUT2D eigenvalue weighted by atomic mass is 16.5. The third kappa shape index (κ3) is 3.03. The molecular weight excluding hydrogens is 392 g/mol. The fraction of sp³-hybridized carbons (Fsp3) is 0.269. The average molecular weight is 416 g/mol. The van der Waals surface area contributed by atoms with Gasteiger partial charge in [-0.25, -0.2) is 0 Å². The van der Waals surface area contributed by atoms with E-state index in [1.165, 1.54) is 7.11 Å². The van der Waals surface area contributed by atoms with Crippen LogP contribution in [0.5, 0.6) is 23.0 Å². The van der Waals surface area contributed by atoms with Crippen molar-refractivity contribution in [3.05, 3.63) is 71.0 Å². The molecule has 0 bridgehead atoms. The van der Waals surface area contributed by atoms with Gasteiger partial charge < -0.3 is 19.7 Å². The molecule has 1 aliphatic heterocycles. The number of hydrogen-bond acceptors (Lipinski definition) is 5. The van der Waals surface area contributed by atoms with Gasteiger partial charge in [-0.1, -0.05) is 38.1 Å². The first kappa shape index (κ1) is 19.5. The molecule has 5 rings (SSSR count). The number of carbonyl (C=O) groups is 1. The Balaban J connectivity index is 1.86. The molecule has 158 valence electrons. The summed E-state index contributed by atoms with van der Waals surface area (Å²) in [6, 6.07) is 14.3. The fourth-order valence-electron chi connectivity index (χ4n) is 4.91. The van der Waals surface area contributed by atoms with Crippen LogP contribution in [0.1, 0.15) is 43.7 Å². The predicted molar refractivity (Wildman–Crippen MR) is 118 cm³/mol. The highest BCUT2D eigenvalue weighted by Gasteiger charge is 2.43. The Hall–Kier alpha value is -3.47. The molecule has 2 N–H and O–H groups in total. The van der Waals surface area contributed by atoms with E-state index in [4.69, 9.17) is 9.47 Å². The standard InChI is InChI=1S/C26H24O5/c1-26(2)12-18(28)24-21(13-26)31-19-10-8-14-7-9-15(27)11-17(14)22(19)23(24)16-5-4-6-20(30-3)25(16)29/h4-11,23,27,29H,12-13H2,1-3H3. The van der Waals surface area contributed by atoms with Crippen molar-refractivity contribution in [2.75, 3.05) is 7.11 Å². The zero-order valence-corrected chi connectivity index (χ0v) is 17.7. The van der Waals surface area contributed by atoms with Crippen molar-refractivity contribution >= 4 is 16.6 Å². The summed E-state index contributed by atoms with van der Waals surface area (Å²) in [7, 11) is 1.50. The van der Waals surface area contributed by atoms with E-state index >= 15 is 0 Å². The first-order valence-electron chi connectivity index (χ1n) is 10.3. The van der Waals surface area contributed by atoms with E-state index in [1.54, 1.807) is 18.2 Å². The van der Waals surface area contributed by atoms with Gasteiger partial charge in [-0.05, 0) is 40.5 Å². The van der Waals surface area contributed by atoms with Crippen molar-refractivity contribution in [3.8, 4) is 23.0 Å². The van der Waals surface area contributed by atoms with Gasteiger partial charge in [0.15, 0.2) is 17.3 Å². The molecule has 0 fully saturated rings. The Bertz CT molecular complexity index is 1270. The monoisotopic (exact) mass is 416 g/mol. The SMILES string of the molecule is COc1cccc(C2C3=C(CC(C)(C)CC3=O)Oc3ccc4ccc(O)cc4c32)c1O. The molecule has 0 amide bonds. The number of hydrogen-bond donors (Lipinski definition) is 2. The topological polar surface area (TPSA) is 76.0 Å². The molecule has 1 atom stereocenters. The molecule has 1 unspecified atom stereocenters. The third-order valence-corrected chi connectivity index (χ3v) is 6.26. The fourth-order valence-corrected chi connectivity index (χ4v) is 4.91. The molecule has 3 aromatic rings. The molecular formula is C26H24O5. The minimum absolute atomic E-state index is 0.00416. The quantitative estimate of drug-likeness (QED) is 0.583. The van der Waals surface area contributed by atoms with Crippen LogP contribution in [0.3, 0.4) is 0 Å². The summed E-state index contributed by atoms with van der Waals surface area (Å²) < 4.78 is 11.6. The van der Waals surface area contributed by atoms with Gasteiger partial charge in [-0.15, -0.1) is 0 Å². The van der Waals surface area contributed by atoms with Crippen LogP contribution < -0.4 is 9.47 Å². The van der Waals surface area contributed by atoms with Crippen molar-refractivity contribution < 1.29 is 24.5 Å². The Morgan fingerprint density at radius 3 is 2.61 bits per heavy atom. The number of allylic oxidation sites excluding steroid dienone is 2. The van der Waals surface area contributed by atoms with Crippen LogP contribution in [0.15, 0.2) is 59.9 Å². The number of Topliss-reactive ketones (excluding diaryl/α,β-unsaturated/α-hetero) is 1.